The van der Waals surface area contributed by atoms with Crippen LogP contribution < -0.4 is 5.32 Å². The maximum atomic E-state index is 4.16. The molecule has 2 unspecified atom stereocenters. The molecule has 1 nitrogen and oxygen atoms in total. The predicted octanol–water partition coefficient (Wildman–Crippen LogP) is 3.81. The zero-order valence-electron chi connectivity index (χ0n) is 11.2. The first-order valence-electron chi connectivity index (χ1n) is 5.66. The number of nitrogens with one attached hydrogen (secondary N) is 1. The summed E-state index contributed by atoms with van der Waals surface area (Å²) in [4.78, 5) is 0. The minimum atomic E-state index is 0.113. The fraction of sp³-hybridized carbons (Fsp3) is 0.846. The van der Waals surface area contributed by atoms with E-state index in [0.29, 0.717) is 4.75 Å². The third-order valence-corrected chi connectivity index (χ3v) is 5.67. The summed E-state index contributed by atoms with van der Waals surface area (Å²) in [5, 5.41) is 4.36. The van der Waals surface area contributed by atoms with E-state index in [4.69, 9.17) is 0 Å². The van der Waals surface area contributed by atoms with Crippen LogP contribution in [0.25, 0.3) is 0 Å². The molecule has 1 saturated heterocycles. The molecule has 88 valence electrons. The van der Waals surface area contributed by atoms with Crippen LogP contribution in [-0.4, -0.2) is 15.5 Å². The Labute approximate surface area is 99.1 Å². The molecule has 0 aliphatic carbocycles. The van der Waals surface area contributed by atoms with E-state index in [1.165, 1.54) is 0 Å². The molecular weight excluding hydrogens is 202 g/mol. The van der Waals surface area contributed by atoms with Crippen molar-refractivity contribution >= 4 is 11.8 Å². The predicted molar refractivity (Wildman–Crippen MR) is 71.3 cm³/mol. The van der Waals surface area contributed by atoms with Crippen molar-refractivity contribution < 1.29 is 0 Å². The summed E-state index contributed by atoms with van der Waals surface area (Å²) in [5.41, 5.74) is 1.38. The molecule has 15 heavy (non-hydrogen) atoms. The summed E-state index contributed by atoms with van der Waals surface area (Å²) in [5.74, 6) is 0. The van der Waals surface area contributed by atoms with Crippen molar-refractivity contribution in [2.24, 2.45) is 5.41 Å². The first-order valence-corrected chi connectivity index (χ1v) is 6.54. The van der Waals surface area contributed by atoms with Crippen LogP contribution in [0.4, 0.5) is 0 Å². The molecule has 0 bridgehead atoms. The number of hydrogen-bond donors (Lipinski definition) is 1. The van der Waals surface area contributed by atoms with Gasteiger partial charge < -0.3 is 5.32 Å². The molecule has 1 fully saturated rings. The van der Waals surface area contributed by atoms with Gasteiger partial charge in [0.25, 0.3) is 0 Å². The third-order valence-electron chi connectivity index (χ3n) is 3.75. The highest BCUT2D eigenvalue weighted by Gasteiger charge is 2.58. The van der Waals surface area contributed by atoms with E-state index in [9.17, 15) is 0 Å². The standard InChI is InChI=1S/C13H25NS/c1-9(11(3,4)5)14-12(6,7)13(8)10(2)15-13/h10,14H,1H2,2-8H3. The molecule has 0 amide bonds. The van der Waals surface area contributed by atoms with Crippen molar-refractivity contribution in [2.45, 2.75) is 64.0 Å². The molecule has 1 aliphatic heterocycles. The van der Waals surface area contributed by atoms with Crippen LogP contribution in [0.2, 0.25) is 0 Å². The lowest BCUT2D eigenvalue weighted by Gasteiger charge is -2.38. The van der Waals surface area contributed by atoms with Gasteiger partial charge in [0.05, 0.1) is 0 Å². The van der Waals surface area contributed by atoms with E-state index in [-0.39, 0.29) is 11.0 Å². The summed E-state index contributed by atoms with van der Waals surface area (Å²) in [6.07, 6.45) is 0. The number of allylic oxidation sites excluding steroid dienone is 1. The number of thioether (sulfide) groups is 1. The van der Waals surface area contributed by atoms with Crippen LogP contribution in [0.5, 0.6) is 0 Å². The van der Waals surface area contributed by atoms with Crippen molar-refractivity contribution in [1.29, 1.82) is 0 Å². The monoisotopic (exact) mass is 227 g/mol. The second-order valence-corrected chi connectivity index (χ2v) is 8.14. The second kappa shape index (κ2) is 3.44. The SMILES string of the molecule is C=C(NC(C)(C)C1(C)SC1C)C(C)(C)C. The molecule has 0 aromatic heterocycles. The average Bonchev–Trinajstić information content (AvgIpc) is 2.58. The van der Waals surface area contributed by atoms with Gasteiger partial charge in [0, 0.05) is 26.6 Å². The Bertz CT molecular complexity index is 275. The fourth-order valence-electron chi connectivity index (χ4n) is 1.68. The minimum absolute atomic E-state index is 0.113. The molecule has 1 rings (SSSR count). The molecule has 0 aromatic carbocycles. The molecule has 0 saturated carbocycles. The lowest BCUT2D eigenvalue weighted by molar-refractivity contribution is 0.318. The molecule has 0 spiro atoms. The molecule has 2 atom stereocenters. The second-order valence-electron chi connectivity index (χ2n) is 6.35. The van der Waals surface area contributed by atoms with Gasteiger partial charge in [0.1, 0.15) is 0 Å². The fourth-order valence-corrected chi connectivity index (χ4v) is 2.98. The first-order chi connectivity index (χ1) is 6.51. The normalized spacial score (nSPS) is 31.3. The Hall–Kier alpha value is -0.110. The number of hydrogen-bond acceptors (Lipinski definition) is 2. The van der Waals surface area contributed by atoms with Crippen LogP contribution in [0, 0.1) is 5.41 Å². The third kappa shape index (κ3) is 2.35. The zero-order valence-corrected chi connectivity index (χ0v) is 12.0. The summed E-state index contributed by atoms with van der Waals surface area (Å²) in [6, 6.07) is 0. The van der Waals surface area contributed by atoms with E-state index in [2.05, 4.69) is 60.4 Å². The Balaban J connectivity index is 2.70. The molecule has 1 aliphatic rings. The highest BCUT2D eigenvalue weighted by atomic mass is 32.2. The highest BCUT2D eigenvalue weighted by Crippen LogP contribution is 2.59. The quantitative estimate of drug-likeness (QED) is 0.736. The minimum Gasteiger partial charge on any atom is -0.382 e. The Morgan fingerprint density at radius 3 is 1.93 bits per heavy atom. The summed E-state index contributed by atoms with van der Waals surface area (Å²) in [6.45, 7) is 19.9. The van der Waals surface area contributed by atoms with Gasteiger partial charge in [-0.15, -0.1) is 11.8 Å². The molecule has 1 heterocycles. The summed E-state index contributed by atoms with van der Waals surface area (Å²) >= 11 is 2.05. The molecule has 2 heteroatoms. The van der Waals surface area contributed by atoms with Crippen molar-refractivity contribution in [3.8, 4) is 0 Å². The van der Waals surface area contributed by atoms with Crippen molar-refractivity contribution in [3.05, 3.63) is 12.3 Å². The smallest absolute Gasteiger partial charge is 0.0474 e. The molecular formula is C13H25NS. The number of rotatable bonds is 3. The van der Waals surface area contributed by atoms with Gasteiger partial charge in [-0.05, 0) is 20.8 Å². The van der Waals surface area contributed by atoms with Crippen molar-refractivity contribution in [3.63, 3.8) is 0 Å². The van der Waals surface area contributed by atoms with E-state index in [0.717, 1.165) is 10.9 Å². The lowest BCUT2D eigenvalue weighted by atomic mass is 9.84. The van der Waals surface area contributed by atoms with Gasteiger partial charge >= 0.3 is 0 Å². The van der Waals surface area contributed by atoms with E-state index in [1.807, 2.05) is 11.8 Å². The van der Waals surface area contributed by atoms with Gasteiger partial charge in [0.15, 0.2) is 0 Å². The maximum Gasteiger partial charge on any atom is 0.0474 e. The Kier molecular flexibility index (Phi) is 2.97. The van der Waals surface area contributed by atoms with Crippen LogP contribution in [0.1, 0.15) is 48.5 Å². The highest BCUT2D eigenvalue weighted by molar-refractivity contribution is 8.08. The largest absolute Gasteiger partial charge is 0.382 e. The van der Waals surface area contributed by atoms with Crippen LogP contribution in [0.15, 0.2) is 12.3 Å². The van der Waals surface area contributed by atoms with Gasteiger partial charge in [-0.3, -0.25) is 0 Å². The molecule has 1 N–H and O–H groups in total. The van der Waals surface area contributed by atoms with Gasteiger partial charge in [-0.1, -0.05) is 34.3 Å². The zero-order chi connectivity index (χ0) is 12.1. The van der Waals surface area contributed by atoms with E-state index in [1.54, 1.807) is 0 Å². The average molecular weight is 227 g/mol. The maximum absolute atomic E-state index is 4.16. The van der Waals surface area contributed by atoms with Crippen LogP contribution in [0.3, 0.4) is 0 Å². The topological polar surface area (TPSA) is 12.0 Å². The molecule has 0 radical (unpaired) electrons. The Morgan fingerprint density at radius 1 is 1.27 bits per heavy atom. The van der Waals surface area contributed by atoms with Crippen LogP contribution >= 0.6 is 11.8 Å². The lowest BCUT2D eigenvalue weighted by Crippen LogP contribution is -2.51. The van der Waals surface area contributed by atoms with E-state index >= 15 is 0 Å². The van der Waals surface area contributed by atoms with Crippen LogP contribution in [-0.2, 0) is 0 Å². The summed E-state index contributed by atoms with van der Waals surface area (Å²) in [7, 11) is 0. The van der Waals surface area contributed by atoms with Gasteiger partial charge in [-0.25, -0.2) is 0 Å². The summed E-state index contributed by atoms with van der Waals surface area (Å²) < 4.78 is 0.348. The van der Waals surface area contributed by atoms with E-state index < -0.39 is 0 Å². The molecule has 0 aromatic rings. The van der Waals surface area contributed by atoms with Crippen molar-refractivity contribution in [1.82, 2.24) is 5.32 Å². The van der Waals surface area contributed by atoms with Crippen molar-refractivity contribution in [2.75, 3.05) is 0 Å². The van der Waals surface area contributed by atoms with Gasteiger partial charge in [-0.2, -0.15) is 0 Å². The Morgan fingerprint density at radius 2 is 1.67 bits per heavy atom. The first kappa shape index (κ1) is 13.0. The van der Waals surface area contributed by atoms with Gasteiger partial charge in [0.2, 0.25) is 0 Å².